The van der Waals surface area contributed by atoms with Gasteiger partial charge in [-0.3, -0.25) is 9.59 Å². The molecule has 0 aliphatic carbocycles. The van der Waals surface area contributed by atoms with E-state index in [0.29, 0.717) is 23.8 Å². The van der Waals surface area contributed by atoms with Crippen LogP contribution in [0.3, 0.4) is 0 Å². The Morgan fingerprint density at radius 3 is 2.16 bits per heavy atom. The first kappa shape index (κ1) is 24.5. The number of ether oxygens (including phenoxy) is 3. The smallest absolute Gasteiger partial charge is 0.261 e. The third kappa shape index (κ3) is 7.47. The molecule has 31 heavy (non-hydrogen) atoms. The molecule has 2 aromatic carbocycles. The molecule has 7 nitrogen and oxygen atoms in total. The van der Waals surface area contributed by atoms with Crippen molar-refractivity contribution in [1.29, 1.82) is 0 Å². The summed E-state index contributed by atoms with van der Waals surface area (Å²) in [6.45, 7) is 4.32. The fourth-order valence-corrected chi connectivity index (χ4v) is 3.12. The molecule has 0 unspecified atom stereocenters. The molecular formula is C23H29BrN2O5. The molecule has 2 aromatic rings. The van der Waals surface area contributed by atoms with Crippen molar-refractivity contribution in [2.45, 2.75) is 32.9 Å². The molecule has 0 aromatic heterocycles. The van der Waals surface area contributed by atoms with Crippen molar-refractivity contribution < 1.29 is 23.8 Å². The molecule has 2 amide bonds. The van der Waals surface area contributed by atoms with E-state index in [1.54, 1.807) is 39.3 Å². The van der Waals surface area contributed by atoms with E-state index < -0.39 is 6.04 Å². The molecule has 2 rings (SSSR count). The summed E-state index contributed by atoms with van der Waals surface area (Å²) in [4.78, 5) is 27.1. The van der Waals surface area contributed by atoms with Gasteiger partial charge < -0.3 is 24.4 Å². The third-order valence-electron chi connectivity index (χ3n) is 4.67. The van der Waals surface area contributed by atoms with Crippen LogP contribution in [0.2, 0.25) is 0 Å². The van der Waals surface area contributed by atoms with E-state index in [1.165, 1.54) is 4.90 Å². The van der Waals surface area contributed by atoms with Crippen LogP contribution in [-0.2, 0) is 16.1 Å². The second kappa shape index (κ2) is 12.2. The highest BCUT2D eigenvalue weighted by Gasteiger charge is 2.26. The number of carbonyl (C=O) groups excluding carboxylic acids is 2. The lowest BCUT2D eigenvalue weighted by Gasteiger charge is -2.28. The van der Waals surface area contributed by atoms with Gasteiger partial charge in [-0.15, -0.1) is 0 Å². The van der Waals surface area contributed by atoms with Crippen LogP contribution in [0.25, 0.3) is 0 Å². The second-order valence-electron chi connectivity index (χ2n) is 6.95. The predicted octanol–water partition coefficient (Wildman–Crippen LogP) is 3.79. The number of nitrogens with one attached hydrogen (secondary N) is 1. The molecule has 0 aliphatic rings. The molecule has 0 saturated heterocycles. The quantitative estimate of drug-likeness (QED) is 0.516. The van der Waals surface area contributed by atoms with Gasteiger partial charge >= 0.3 is 0 Å². The van der Waals surface area contributed by atoms with Crippen molar-refractivity contribution >= 4 is 27.7 Å². The van der Waals surface area contributed by atoms with Gasteiger partial charge in [0.2, 0.25) is 5.91 Å². The van der Waals surface area contributed by atoms with Gasteiger partial charge in [0.05, 0.1) is 14.2 Å². The molecule has 0 saturated carbocycles. The fraction of sp³-hybridized carbons (Fsp3) is 0.391. The van der Waals surface area contributed by atoms with Crippen LogP contribution in [0.1, 0.15) is 25.8 Å². The Morgan fingerprint density at radius 1 is 1.03 bits per heavy atom. The second-order valence-corrected chi connectivity index (χ2v) is 7.87. The number of amides is 2. The number of halogens is 1. The minimum absolute atomic E-state index is 0.199. The fourth-order valence-electron chi connectivity index (χ4n) is 2.86. The van der Waals surface area contributed by atoms with E-state index in [2.05, 4.69) is 21.2 Å². The maximum atomic E-state index is 13.1. The average Bonchev–Trinajstić information content (AvgIpc) is 2.79. The lowest BCUT2D eigenvalue weighted by molar-refractivity contribution is -0.142. The molecule has 1 N–H and O–H groups in total. The van der Waals surface area contributed by atoms with E-state index in [1.807, 2.05) is 31.2 Å². The summed E-state index contributed by atoms with van der Waals surface area (Å²) in [6, 6.07) is 12.0. The van der Waals surface area contributed by atoms with E-state index >= 15 is 0 Å². The number of benzene rings is 2. The topological polar surface area (TPSA) is 77.1 Å². The van der Waals surface area contributed by atoms with E-state index in [-0.39, 0.29) is 25.0 Å². The molecular weight excluding hydrogens is 464 g/mol. The minimum Gasteiger partial charge on any atom is -0.496 e. The van der Waals surface area contributed by atoms with Gasteiger partial charge in [-0.2, -0.15) is 0 Å². The zero-order valence-electron chi connectivity index (χ0n) is 18.3. The normalized spacial score (nSPS) is 11.4. The Bertz CT molecular complexity index is 851. The van der Waals surface area contributed by atoms with Crippen LogP contribution in [0.5, 0.6) is 17.2 Å². The molecule has 0 spiro atoms. The van der Waals surface area contributed by atoms with Crippen LogP contribution in [0, 0.1) is 0 Å². The van der Waals surface area contributed by atoms with Crippen molar-refractivity contribution in [2.24, 2.45) is 0 Å². The Balaban J connectivity index is 2.16. The predicted molar refractivity (Wildman–Crippen MR) is 122 cm³/mol. The van der Waals surface area contributed by atoms with Crippen molar-refractivity contribution in [1.82, 2.24) is 10.2 Å². The number of carbonyl (C=O) groups is 2. The monoisotopic (exact) mass is 492 g/mol. The number of rotatable bonds is 11. The van der Waals surface area contributed by atoms with Gasteiger partial charge in [0.1, 0.15) is 23.3 Å². The Labute approximate surface area is 191 Å². The molecule has 0 bridgehead atoms. The van der Waals surface area contributed by atoms with Crippen molar-refractivity contribution in [3.8, 4) is 17.2 Å². The Hall–Kier alpha value is -2.74. The van der Waals surface area contributed by atoms with Gasteiger partial charge in [-0.05, 0) is 31.0 Å². The first-order valence-corrected chi connectivity index (χ1v) is 10.8. The highest BCUT2D eigenvalue weighted by Crippen LogP contribution is 2.27. The number of nitrogens with zero attached hydrogens (tertiary/aromatic N) is 1. The van der Waals surface area contributed by atoms with Gasteiger partial charge in [-0.25, -0.2) is 0 Å². The Morgan fingerprint density at radius 2 is 1.61 bits per heavy atom. The molecule has 168 valence electrons. The summed E-state index contributed by atoms with van der Waals surface area (Å²) >= 11 is 3.41. The minimum atomic E-state index is -0.647. The largest absolute Gasteiger partial charge is 0.496 e. The number of hydrogen-bond acceptors (Lipinski definition) is 5. The molecule has 0 fully saturated rings. The maximum Gasteiger partial charge on any atom is 0.261 e. The summed E-state index contributed by atoms with van der Waals surface area (Å²) in [6.07, 6.45) is 0.819. The molecule has 8 heteroatoms. The highest BCUT2D eigenvalue weighted by molar-refractivity contribution is 9.10. The van der Waals surface area contributed by atoms with Crippen molar-refractivity contribution in [3.05, 3.63) is 52.5 Å². The summed E-state index contributed by atoms with van der Waals surface area (Å²) < 4.78 is 17.1. The zero-order valence-corrected chi connectivity index (χ0v) is 19.9. The van der Waals surface area contributed by atoms with Crippen molar-refractivity contribution in [3.63, 3.8) is 0 Å². The van der Waals surface area contributed by atoms with Crippen LogP contribution in [0.4, 0.5) is 0 Å². The van der Waals surface area contributed by atoms with E-state index in [0.717, 1.165) is 16.5 Å². The van der Waals surface area contributed by atoms with E-state index in [4.69, 9.17) is 14.2 Å². The number of hydrogen-bond donors (Lipinski definition) is 1. The van der Waals surface area contributed by atoms with Crippen LogP contribution < -0.4 is 19.5 Å². The average molecular weight is 493 g/mol. The summed E-state index contributed by atoms with van der Waals surface area (Å²) in [5.41, 5.74) is 0.912. The standard InChI is InChI=1S/C23H29BrN2O5/c1-5-10-25-23(28)16(2)26(14-17-6-8-18(24)9-7-17)22(27)15-31-21-12-19(29-3)11-20(13-21)30-4/h6-9,11-13,16H,5,10,14-15H2,1-4H3,(H,25,28)/t16-/m1/s1. The Kier molecular flexibility index (Phi) is 9.65. The van der Waals surface area contributed by atoms with Gasteiger partial charge in [0.25, 0.3) is 5.91 Å². The lowest BCUT2D eigenvalue weighted by Crippen LogP contribution is -2.49. The summed E-state index contributed by atoms with van der Waals surface area (Å²) in [5.74, 6) is 1.05. The molecule has 0 radical (unpaired) electrons. The van der Waals surface area contributed by atoms with Gasteiger partial charge in [0, 0.05) is 35.8 Å². The SMILES string of the molecule is CCCNC(=O)[C@@H](C)N(Cc1ccc(Br)cc1)C(=O)COc1cc(OC)cc(OC)c1. The van der Waals surface area contributed by atoms with Crippen LogP contribution in [0.15, 0.2) is 46.9 Å². The zero-order chi connectivity index (χ0) is 22.8. The molecule has 0 aliphatic heterocycles. The van der Waals surface area contributed by atoms with E-state index in [9.17, 15) is 9.59 Å². The van der Waals surface area contributed by atoms with Crippen LogP contribution in [-0.4, -0.2) is 50.1 Å². The lowest BCUT2D eigenvalue weighted by atomic mass is 10.1. The third-order valence-corrected chi connectivity index (χ3v) is 5.20. The highest BCUT2D eigenvalue weighted by atomic mass is 79.9. The first-order chi connectivity index (χ1) is 14.9. The molecule has 1 atom stereocenters. The van der Waals surface area contributed by atoms with Crippen LogP contribution >= 0.6 is 15.9 Å². The first-order valence-electron chi connectivity index (χ1n) is 10.1. The summed E-state index contributed by atoms with van der Waals surface area (Å²) in [7, 11) is 3.08. The summed E-state index contributed by atoms with van der Waals surface area (Å²) in [5, 5.41) is 2.85. The number of methoxy groups -OCH3 is 2. The van der Waals surface area contributed by atoms with Crippen molar-refractivity contribution in [2.75, 3.05) is 27.4 Å². The molecule has 0 heterocycles. The van der Waals surface area contributed by atoms with Gasteiger partial charge in [0.15, 0.2) is 6.61 Å². The van der Waals surface area contributed by atoms with Gasteiger partial charge in [-0.1, -0.05) is 35.0 Å². The maximum absolute atomic E-state index is 13.1.